The van der Waals surface area contributed by atoms with Crippen LogP contribution < -0.4 is 10.6 Å². The van der Waals surface area contributed by atoms with Crippen molar-refractivity contribution in [1.29, 1.82) is 0 Å². The molecule has 186 valence electrons. The van der Waals surface area contributed by atoms with Gasteiger partial charge in [0.1, 0.15) is 12.6 Å². The molecular formula is C27H33N3O5. The Kier molecular flexibility index (Phi) is 7.70. The van der Waals surface area contributed by atoms with E-state index in [9.17, 15) is 19.5 Å². The highest BCUT2D eigenvalue weighted by atomic mass is 16.5. The van der Waals surface area contributed by atoms with Crippen LogP contribution >= 0.6 is 0 Å². The van der Waals surface area contributed by atoms with Gasteiger partial charge in [0.05, 0.1) is 5.92 Å². The van der Waals surface area contributed by atoms with E-state index in [2.05, 4.69) is 34.9 Å². The Bertz CT molecular complexity index is 1040. The standard InChI is InChI=1S/C27H33N3O5/c1-30(2)15-24(26(32)33)28-25(31)21-13-7-8-14-23(21)29-27(34)35-16-22-19-11-5-3-9-17(19)18-10-4-6-12-20(18)22/h3-6,9-12,21-24H,7-8,13-16H2,1-2H3,(H,28,31)(H,29,34)(H,32,33). The first-order chi connectivity index (χ1) is 16.8. The second-order valence-electron chi connectivity index (χ2n) is 9.63. The van der Waals surface area contributed by atoms with Crippen LogP contribution in [0.5, 0.6) is 0 Å². The second kappa shape index (κ2) is 10.9. The van der Waals surface area contributed by atoms with Gasteiger partial charge in [-0.25, -0.2) is 9.59 Å². The number of carboxylic acids is 1. The van der Waals surface area contributed by atoms with Gasteiger partial charge in [-0.1, -0.05) is 61.4 Å². The summed E-state index contributed by atoms with van der Waals surface area (Å²) in [5.41, 5.74) is 4.59. The molecule has 3 N–H and O–H groups in total. The summed E-state index contributed by atoms with van der Waals surface area (Å²) in [7, 11) is 3.51. The van der Waals surface area contributed by atoms with E-state index in [0.717, 1.165) is 35.1 Å². The molecule has 0 saturated heterocycles. The average Bonchev–Trinajstić information content (AvgIpc) is 3.16. The van der Waals surface area contributed by atoms with E-state index in [1.165, 1.54) is 0 Å². The molecule has 1 saturated carbocycles. The van der Waals surface area contributed by atoms with Crippen molar-refractivity contribution in [3.63, 3.8) is 0 Å². The molecule has 2 aromatic carbocycles. The summed E-state index contributed by atoms with van der Waals surface area (Å²) in [5.74, 6) is -1.96. The molecule has 0 aliphatic heterocycles. The normalized spacial score (nSPS) is 20.0. The summed E-state index contributed by atoms with van der Waals surface area (Å²) in [6.45, 7) is 0.394. The van der Waals surface area contributed by atoms with E-state index < -0.39 is 30.1 Å². The number of nitrogens with one attached hydrogen (secondary N) is 2. The minimum absolute atomic E-state index is 0.0408. The van der Waals surface area contributed by atoms with E-state index in [0.29, 0.717) is 12.8 Å². The fourth-order valence-electron chi connectivity index (χ4n) is 5.24. The van der Waals surface area contributed by atoms with Crippen molar-refractivity contribution in [2.75, 3.05) is 27.2 Å². The highest BCUT2D eigenvalue weighted by Gasteiger charge is 2.35. The molecule has 3 atom stereocenters. The first-order valence-electron chi connectivity index (χ1n) is 12.1. The average molecular weight is 480 g/mol. The predicted octanol–water partition coefficient (Wildman–Crippen LogP) is 3.21. The third-order valence-corrected chi connectivity index (χ3v) is 6.91. The largest absolute Gasteiger partial charge is 0.480 e. The number of ether oxygens (including phenoxy) is 1. The van der Waals surface area contributed by atoms with Crippen molar-refractivity contribution in [2.24, 2.45) is 5.92 Å². The molecule has 0 heterocycles. The number of amides is 2. The van der Waals surface area contributed by atoms with Gasteiger partial charge in [0.25, 0.3) is 0 Å². The SMILES string of the molecule is CN(C)CC(NC(=O)C1CCCCC1NC(=O)OCC1c2ccccc2-c2ccccc21)C(=O)O. The number of alkyl carbamates (subject to hydrolysis) is 1. The van der Waals surface area contributed by atoms with Gasteiger partial charge in [-0.2, -0.15) is 0 Å². The molecular weight excluding hydrogens is 446 g/mol. The molecule has 8 heteroatoms. The molecule has 0 bridgehead atoms. The fourth-order valence-corrected chi connectivity index (χ4v) is 5.24. The molecule has 0 spiro atoms. The van der Waals surface area contributed by atoms with Gasteiger partial charge in [-0.3, -0.25) is 4.79 Å². The minimum Gasteiger partial charge on any atom is -0.480 e. The van der Waals surface area contributed by atoms with Crippen LogP contribution in [0.4, 0.5) is 4.79 Å². The first-order valence-corrected chi connectivity index (χ1v) is 12.1. The number of carboxylic acid groups (broad SMARTS) is 1. The second-order valence-corrected chi connectivity index (χ2v) is 9.63. The number of carbonyl (C=O) groups excluding carboxylic acids is 2. The third-order valence-electron chi connectivity index (χ3n) is 6.91. The monoisotopic (exact) mass is 479 g/mol. The number of likely N-dealkylation sites (N-methyl/N-ethyl adjacent to an activating group) is 1. The maximum atomic E-state index is 12.9. The Morgan fingerprint density at radius 1 is 1.00 bits per heavy atom. The van der Waals surface area contributed by atoms with E-state index >= 15 is 0 Å². The summed E-state index contributed by atoms with van der Waals surface area (Å²) in [4.78, 5) is 39.0. The van der Waals surface area contributed by atoms with Crippen LogP contribution in [0.25, 0.3) is 11.1 Å². The van der Waals surface area contributed by atoms with Gasteiger partial charge in [-0.15, -0.1) is 0 Å². The number of nitrogens with zero attached hydrogens (tertiary/aromatic N) is 1. The van der Waals surface area contributed by atoms with Crippen molar-refractivity contribution in [1.82, 2.24) is 15.5 Å². The number of benzene rings is 2. The van der Waals surface area contributed by atoms with Gasteiger partial charge >= 0.3 is 12.1 Å². The van der Waals surface area contributed by atoms with Crippen LogP contribution in [0.2, 0.25) is 0 Å². The van der Waals surface area contributed by atoms with Crippen LogP contribution in [0.1, 0.15) is 42.7 Å². The predicted molar refractivity (Wildman–Crippen MR) is 132 cm³/mol. The Hall–Kier alpha value is -3.39. The van der Waals surface area contributed by atoms with Gasteiger partial charge in [0.15, 0.2) is 0 Å². The van der Waals surface area contributed by atoms with Crippen molar-refractivity contribution in [3.05, 3.63) is 59.7 Å². The number of rotatable bonds is 8. The smallest absolute Gasteiger partial charge is 0.407 e. The lowest BCUT2D eigenvalue weighted by Crippen LogP contribution is -2.53. The fraction of sp³-hybridized carbons (Fsp3) is 0.444. The maximum Gasteiger partial charge on any atom is 0.407 e. The lowest BCUT2D eigenvalue weighted by molar-refractivity contribution is -0.143. The molecule has 2 aliphatic rings. The van der Waals surface area contributed by atoms with E-state index in [-0.39, 0.29) is 25.0 Å². The summed E-state index contributed by atoms with van der Waals surface area (Å²) >= 11 is 0. The summed E-state index contributed by atoms with van der Waals surface area (Å²) < 4.78 is 5.66. The number of aliphatic carboxylic acids is 1. The zero-order valence-corrected chi connectivity index (χ0v) is 20.2. The maximum absolute atomic E-state index is 12.9. The van der Waals surface area contributed by atoms with Crippen LogP contribution in [-0.2, 0) is 14.3 Å². The van der Waals surface area contributed by atoms with Crippen molar-refractivity contribution >= 4 is 18.0 Å². The number of hydrogen-bond acceptors (Lipinski definition) is 5. The highest BCUT2D eigenvalue weighted by Crippen LogP contribution is 2.44. The molecule has 0 aromatic heterocycles. The number of fused-ring (bicyclic) bond motifs is 3. The number of hydrogen-bond donors (Lipinski definition) is 3. The molecule has 8 nitrogen and oxygen atoms in total. The Labute approximate surface area is 205 Å². The van der Waals surface area contributed by atoms with Crippen molar-refractivity contribution < 1.29 is 24.2 Å². The van der Waals surface area contributed by atoms with Crippen LogP contribution in [0, 0.1) is 5.92 Å². The molecule has 0 radical (unpaired) electrons. The zero-order valence-electron chi connectivity index (χ0n) is 20.2. The lowest BCUT2D eigenvalue weighted by atomic mass is 9.83. The zero-order chi connectivity index (χ0) is 24.9. The summed E-state index contributed by atoms with van der Waals surface area (Å²) in [5, 5.41) is 15.0. The minimum atomic E-state index is -1.08. The van der Waals surface area contributed by atoms with E-state index in [1.54, 1.807) is 19.0 Å². The number of carbonyl (C=O) groups is 3. The van der Waals surface area contributed by atoms with Gasteiger partial charge in [0.2, 0.25) is 5.91 Å². The molecule has 2 aliphatic carbocycles. The first kappa shape index (κ1) is 24.7. The van der Waals surface area contributed by atoms with Crippen LogP contribution in [0.3, 0.4) is 0 Å². The molecule has 2 aromatic rings. The van der Waals surface area contributed by atoms with Gasteiger partial charge < -0.3 is 25.4 Å². The van der Waals surface area contributed by atoms with Gasteiger partial charge in [0, 0.05) is 18.5 Å². The lowest BCUT2D eigenvalue weighted by Gasteiger charge is -2.32. The van der Waals surface area contributed by atoms with Crippen molar-refractivity contribution in [3.8, 4) is 11.1 Å². The molecule has 2 amide bonds. The van der Waals surface area contributed by atoms with Crippen LogP contribution in [0.15, 0.2) is 48.5 Å². The molecule has 3 unspecified atom stereocenters. The molecule has 35 heavy (non-hydrogen) atoms. The quantitative estimate of drug-likeness (QED) is 0.537. The summed E-state index contributed by atoms with van der Waals surface area (Å²) in [6, 6.07) is 14.9. The molecule has 4 rings (SSSR count). The highest BCUT2D eigenvalue weighted by molar-refractivity contribution is 5.86. The topological polar surface area (TPSA) is 108 Å². The third kappa shape index (κ3) is 5.65. The summed E-state index contributed by atoms with van der Waals surface area (Å²) in [6.07, 6.45) is 2.42. The van der Waals surface area contributed by atoms with Crippen LogP contribution in [-0.4, -0.2) is 67.3 Å². The Morgan fingerprint density at radius 3 is 2.20 bits per heavy atom. The Morgan fingerprint density at radius 2 is 1.60 bits per heavy atom. The molecule has 1 fully saturated rings. The van der Waals surface area contributed by atoms with Gasteiger partial charge in [-0.05, 0) is 49.2 Å². The van der Waals surface area contributed by atoms with Crippen molar-refractivity contribution in [2.45, 2.75) is 43.7 Å². The van der Waals surface area contributed by atoms with E-state index in [4.69, 9.17) is 4.74 Å². The van der Waals surface area contributed by atoms with E-state index in [1.807, 2.05) is 24.3 Å². The Balaban J connectivity index is 1.38.